The fourth-order valence-electron chi connectivity index (χ4n) is 2.08. The third-order valence-corrected chi connectivity index (χ3v) is 3.10. The van der Waals surface area contributed by atoms with E-state index in [1.54, 1.807) is 13.8 Å². The summed E-state index contributed by atoms with van der Waals surface area (Å²) in [5, 5.41) is 14.2. The van der Waals surface area contributed by atoms with E-state index in [4.69, 9.17) is 5.11 Å². The number of aliphatic hydroxyl groups is 1. The highest BCUT2D eigenvalue weighted by molar-refractivity contribution is 5.90. The Balaban J connectivity index is 2.20. The Morgan fingerprint density at radius 3 is 2.58 bits per heavy atom. The average molecular weight is 257 g/mol. The summed E-state index contributed by atoms with van der Waals surface area (Å²) in [7, 11) is 0. The Bertz CT molecular complexity index is 585. The van der Waals surface area contributed by atoms with Crippen LogP contribution in [0.15, 0.2) is 42.5 Å². The minimum Gasteiger partial charge on any atom is -0.394 e. The monoisotopic (exact) mass is 257 g/mol. The van der Waals surface area contributed by atoms with Crippen molar-refractivity contribution in [1.29, 1.82) is 0 Å². The maximum absolute atomic E-state index is 12.0. The quantitative estimate of drug-likeness (QED) is 0.882. The molecule has 2 N–H and O–H groups in total. The molecule has 0 saturated carbocycles. The lowest BCUT2D eigenvalue weighted by atomic mass is 10.0. The van der Waals surface area contributed by atoms with E-state index in [1.165, 1.54) is 0 Å². The van der Waals surface area contributed by atoms with E-state index in [0.29, 0.717) is 6.42 Å². The van der Waals surface area contributed by atoms with Gasteiger partial charge in [0.15, 0.2) is 0 Å². The molecular weight excluding hydrogens is 238 g/mol. The number of hydrogen-bond donors (Lipinski definition) is 2. The predicted molar refractivity (Wildman–Crippen MR) is 77.0 cm³/mol. The minimum atomic E-state index is -0.582. The van der Waals surface area contributed by atoms with E-state index >= 15 is 0 Å². The highest BCUT2D eigenvalue weighted by Gasteiger charge is 2.19. The summed E-state index contributed by atoms with van der Waals surface area (Å²) < 4.78 is 0. The topological polar surface area (TPSA) is 49.3 Å². The van der Waals surface area contributed by atoms with Gasteiger partial charge in [-0.3, -0.25) is 4.79 Å². The van der Waals surface area contributed by atoms with Crippen molar-refractivity contribution in [2.45, 2.75) is 25.8 Å². The Labute approximate surface area is 113 Å². The second-order valence-corrected chi connectivity index (χ2v) is 5.41. The molecule has 3 nitrogen and oxygen atoms in total. The minimum absolute atomic E-state index is 0.0737. The van der Waals surface area contributed by atoms with Crippen molar-refractivity contribution < 1.29 is 9.90 Å². The van der Waals surface area contributed by atoms with Crippen LogP contribution < -0.4 is 5.32 Å². The molecule has 0 aliphatic carbocycles. The van der Waals surface area contributed by atoms with Crippen molar-refractivity contribution in [3.05, 3.63) is 48.0 Å². The average Bonchev–Trinajstić information content (AvgIpc) is 2.38. The smallest absolute Gasteiger partial charge is 0.224 e. The molecule has 0 fully saturated rings. The van der Waals surface area contributed by atoms with Crippen LogP contribution in [0.3, 0.4) is 0 Å². The van der Waals surface area contributed by atoms with Crippen LogP contribution >= 0.6 is 0 Å². The molecule has 19 heavy (non-hydrogen) atoms. The second kappa shape index (κ2) is 5.41. The van der Waals surface area contributed by atoms with Crippen LogP contribution in [-0.4, -0.2) is 23.2 Å². The molecule has 2 aromatic carbocycles. The first kappa shape index (κ1) is 13.6. The third kappa shape index (κ3) is 3.32. The summed E-state index contributed by atoms with van der Waals surface area (Å²) in [6.07, 6.45) is 0.324. The van der Waals surface area contributed by atoms with Gasteiger partial charge in [-0.05, 0) is 30.2 Å². The molecule has 0 aliphatic heterocycles. The SMILES string of the molecule is CC(C)(CO)NC(=O)Cc1cccc2ccccc12. The molecule has 2 aromatic rings. The van der Waals surface area contributed by atoms with Gasteiger partial charge in [0.2, 0.25) is 5.91 Å². The second-order valence-electron chi connectivity index (χ2n) is 5.41. The van der Waals surface area contributed by atoms with Gasteiger partial charge in [0.05, 0.1) is 18.6 Å². The number of hydrogen-bond acceptors (Lipinski definition) is 2. The van der Waals surface area contributed by atoms with Gasteiger partial charge in [0.1, 0.15) is 0 Å². The van der Waals surface area contributed by atoms with Crippen LogP contribution in [0, 0.1) is 0 Å². The fraction of sp³-hybridized carbons (Fsp3) is 0.312. The molecule has 1 amide bonds. The summed E-state index contributed by atoms with van der Waals surface area (Å²) in [6, 6.07) is 14.0. The number of benzene rings is 2. The molecular formula is C16H19NO2. The normalized spacial score (nSPS) is 11.5. The fourth-order valence-corrected chi connectivity index (χ4v) is 2.08. The lowest BCUT2D eigenvalue weighted by Gasteiger charge is -2.23. The van der Waals surface area contributed by atoms with Gasteiger partial charge in [-0.25, -0.2) is 0 Å². The third-order valence-electron chi connectivity index (χ3n) is 3.10. The summed E-state index contributed by atoms with van der Waals surface area (Å²) in [5.41, 5.74) is 0.422. The molecule has 0 bridgehead atoms. The number of aliphatic hydroxyl groups excluding tert-OH is 1. The number of fused-ring (bicyclic) bond motifs is 1. The Morgan fingerprint density at radius 1 is 1.16 bits per heavy atom. The summed E-state index contributed by atoms with van der Waals surface area (Å²) >= 11 is 0. The molecule has 0 aromatic heterocycles. The lowest BCUT2D eigenvalue weighted by molar-refractivity contribution is -0.122. The van der Waals surface area contributed by atoms with E-state index in [1.807, 2.05) is 42.5 Å². The Hall–Kier alpha value is -1.87. The van der Waals surface area contributed by atoms with E-state index in [9.17, 15) is 4.79 Å². The summed E-state index contributed by atoms with van der Waals surface area (Å²) in [6.45, 7) is 3.52. The van der Waals surface area contributed by atoms with E-state index in [0.717, 1.165) is 16.3 Å². The van der Waals surface area contributed by atoms with Gasteiger partial charge in [-0.15, -0.1) is 0 Å². The van der Waals surface area contributed by atoms with Crippen molar-refractivity contribution in [2.75, 3.05) is 6.61 Å². The van der Waals surface area contributed by atoms with Gasteiger partial charge in [-0.2, -0.15) is 0 Å². The van der Waals surface area contributed by atoms with Crippen LogP contribution in [0.4, 0.5) is 0 Å². The van der Waals surface area contributed by atoms with Gasteiger partial charge in [0.25, 0.3) is 0 Å². The summed E-state index contributed by atoms with van der Waals surface area (Å²) in [5.74, 6) is -0.0737. The van der Waals surface area contributed by atoms with Crippen molar-refractivity contribution in [3.8, 4) is 0 Å². The first-order valence-corrected chi connectivity index (χ1v) is 6.40. The maximum Gasteiger partial charge on any atom is 0.224 e. The number of rotatable bonds is 4. The van der Waals surface area contributed by atoms with E-state index < -0.39 is 5.54 Å². The van der Waals surface area contributed by atoms with Crippen molar-refractivity contribution >= 4 is 16.7 Å². The number of amides is 1. The van der Waals surface area contributed by atoms with Crippen molar-refractivity contribution in [2.24, 2.45) is 0 Å². The van der Waals surface area contributed by atoms with Crippen LogP contribution in [0.25, 0.3) is 10.8 Å². The van der Waals surface area contributed by atoms with Crippen LogP contribution in [0.1, 0.15) is 19.4 Å². The standard InChI is InChI=1S/C16H19NO2/c1-16(2,11-18)17-15(19)10-13-8-5-7-12-6-3-4-9-14(12)13/h3-9,18H,10-11H2,1-2H3,(H,17,19). The highest BCUT2D eigenvalue weighted by Crippen LogP contribution is 2.19. The van der Waals surface area contributed by atoms with Crippen molar-refractivity contribution in [1.82, 2.24) is 5.32 Å². The van der Waals surface area contributed by atoms with Gasteiger partial charge in [-0.1, -0.05) is 42.5 Å². The summed E-state index contributed by atoms with van der Waals surface area (Å²) in [4.78, 5) is 12.0. The largest absolute Gasteiger partial charge is 0.394 e. The number of carbonyl (C=O) groups is 1. The molecule has 0 spiro atoms. The van der Waals surface area contributed by atoms with E-state index in [-0.39, 0.29) is 12.5 Å². The van der Waals surface area contributed by atoms with Crippen LogP contribution in [0.2, 0.25) is 0 Å². The molecule has 0 atom stereocenters. The molecule has 2 rings (SSSR count). The van der Waals surface area contributed by atoms with Gasteiger partial charge >= 0.3 is 0 Å². The first-order valence-electron chi connectivity index (χ1n) is 6.40. The zero-order valence-corrected chi connectivity index (χ0v) is 11.3. The molecule has 3 heteroatoms. The number of nitrogens with one attached hydrogen (secondary N) is 1. The Kier molecular flexibility index (Phi) is 3.86. The van der Waals surface area contributed by atoms with Gasteiger partial charge in [0, 0.05) is 0 Å². The molecule has 0 radical (unpaired) electrons. The van der Waals surface area contributed by atoms with Gasteiger partial charge < -0.3 is 10.4 Å². The molecule has 0 aliphatic rings. The maximum atomic E-state index is 12.0. The van der Waals surface area contributed by atoms with Crippen LogP contribution in [0.5, 0.6) is 0 Å². The highest BCUT2D eigenvalue weighted by atomic mass is 16.3. The molecule has 0 heterocycles. The number of carbonyl (C=O) groups excluding carboxylic acids is 1. The lowest BCUT2D eigenvalue weighted by Crippen LogP contribution is -2.46. The van der Waals surface area contributed by atoms with E-state index in [2.05, 4.69) is 5.32 Å². The molecule has 100 valence electrons. The van der Waals surface area contributed by atoms with Crippen molar-refractivity contribution in [3.63, 3.8) is 0 Å². The molecule has 0 saturated heterocycles. The molecule has 0 unspecified atom stereocenters. The first-order chi connectivity index (χ1) is 9.02. The Morgan fingerprint density at radius 2 is 1.84 bits per heavy atom. The predicted octanol–water partition coefficient (Wildman–Crippen LogP) is 2.27. The zero-order valence-electron chi connectivity index (χ0n) is 11.3. The van der Waals surface area contributed by atoms with Crippen LogP contribution in [-0.2, 0) is 11.2 Å². The zero-order chi connectivity index (χ0) is 13.9.